The number of nitrogens with zero attached hydrogens (tertiary/aromatic N) is 2. The van der Waals surface area contributed by atoms with Crippen LogP contribution >= 0.6 is 0 Å². The van der Waals surface area contributed by atoms with Crippen molar-refractivity contribution in [3.05, 3.63) is 0 Å². The monoisotopic (exact) mass is 298 g/mol. The van der Waals surface area contributed by atoms with Crippen molar-refractivity contribution in [1.29, 1.82) is 0 Å². The Labute approximate surface area is 126 Å². The lowest BCUT2D eigenvalue weighted by molar-refractivity contribution is -0.154. The van der Waals surface area contributed by atoms with Gasteiger partial charge in [0.05, 0.1) is 13.2 Å². The van der Waals surface area contributed by atoms with E-state index in [9.17, 15) is 14.7 Å². The molecule has 21 heavy (non-hydrogen) atoms. The van der Waals surface area contributed by atoms with Crippen LogP contribution < -0.4 is 0 Å². The summed E-state index contributed by atoms with van der Waals surface area (Å²) in [4.78, 5) is 27.9. The average molecular weight is 298 g/mol. The van der Waals surface area contributed by atoms with E-state index in [1.807, 2.05) is 4.90 Å². The van der Waals surface area contributed by atoms with Gasteiger partial charge in [0.15, 0.2) is 0 Å². The summed E-state index contributed by atoms with van der Waals surface area (Å²) in [6.45, 7) is 2.58. The highest BCUT2D eigenvalue weighted by atomic mass is 16.5. The van der Waals surface area contributed by atoms with Crippen LogP contribution in [0.5, 0.6) is 0 Å². The Hall–Kier alpha value is -1.14. The van der Waals surface area contributed by atoms with Gasteiger partial charge in [-0.1, -0.05) is 12.8 Å². The van der Waals surface area contributed by atoms with E-state index in [1.165, 1.54) is 20.0 Å². The number of likely N-dealkylation sites (tertiary alicyclic amines) is 2. The second-order valence-corrected chi connectivity index (χ2v) is 6.09. The second kappa shape index (κ2) is 7.22. The Kier molecular flexibility index (Phi) is 5.58. The molecule has 6 nitrogen and oxygen atoms in total. The summed E-state index contributed by atoms with van der Waals surface area (Å²) < 4.78 is 5.12. The highest BCUT2D eigenvalue weighted by molar-refractivity contribution is 5.83. The number of carbonyl (C=O) groups is 2. The molecular weight excluding hydrogens is 272 g/mol. The third-order valence-corrected chi connectivity index (χ3v) is 4.69. The van der Waals surface area contributed by atoms with E-state index < -0.39 is 11.5 Å². The molecule has 0 aromatic carbocycles. The number of hydrogen-bond acceptors (Lipinski definition) is 4. The Morgan fingerprint density at radius 3 is 2.33 bits per heavy atom. The van der Waals surface area contributed by atoms with Crippen molar-refractivity contribution >= 4 is 11.9 Å². The zero-order valence-corrected chi connectivity index (χ0v) is 12.8. The van der Waals surface area contributed by atoms with E-state index in [2.05, 4.69) is 0 Å². The Bertz CT molecular complexity index is 380. The summed E-state index contributed by atoms with van der Waals surface area (Å²) in [6.07, 6.45) is 5.79. The minimum Gasteiger partial charge on any atom is -0.480 e. The minimum absolute atomic E-state index is 0.0560. The van der Waals surface area contributed by atoms with Crippen LogP contribution in [0.15, 0.2) is 0 Å². The van der Waals surface area contributed by atoms with Gasteiger partial charge >= 0.3 is 5.97 Å². The number of carbonyl (C=O) groups excluding carboxylic acids is 1. The first-order chi connectivity index (χ1) is 10.1. The van der Waals surface area contributed by atoms with E-state index in [0.717, 1.165) is 32.4 Å². The van der Waals surface area contributed by atoms with Crippen molar-refractivity contribution in [2.45, 2.75) is 44.1 Å². The first kappa shape index (κ1) is 16.2. The molecule has 0 saturated carbocycles. The maximum absolute atomic E-state index is 12.5. The topological polar surface area (TPSA) is 70.1 Å². The third-order valence-electron chi connectivity index (χ3n) is 4.69. The largest absolute Gasteiger partial charge is 0.480 e. The Morgan fingerprint density at radius 2 is 1.76 bits per heavy atom. The highest BCUT2D eigenvalue weighted by Gasteiger charge is 2.48. The zero-order valence-electron chi connectivity index (χ0n) is 12.8. The summed E-state index contributed by atoms with van der Waals surface area (Å²) in [7, 11) is 1.51. The average Bonchev–Trinajstić information content (AvgIpc) is 2.69. The molecule has 1 N–H and O–H groups in total. The van der Waals surface area contributed by atoms with Crippen LogP contribution in [-0.2, 0) is 14.3 Å². The fourth-order valence-corrected chi connectivity index (χ4v) is 3.45. The van der Waals surface area contributed by atoms with Crippen LogP contribution in [-0.4, -0.2) is 72.2 Å². The highest BCUT2D eigenvalue weighted by Crippen LogP contribution is 2.30. The van der Waals surface area contributed by atoms with Crippen molar-refractivity contribution in [1.82, 2.24) is 9.80 Å². The van der Waals surface area contributed by atoms with Crippen molar-refractivity contribution < 1.29 is 19.4 Å². The predicted molar refractivity (Wildman–Crippen MR) is 78.1 cm³/mol. The van der Waals surface area contributed by atoms with Crippen LogP contribution in [0.4, 0.5) is 0 Å². The maximum atomic E-state index is 12.5. The normalized spacial score (nSPS) is 27.6. The lowest BCUT2D eigenvalue weighted by atomic mass is 9.97. The van der Waals surface area contributed by atoms with Gasteiger partial charge in [-0.05, 0) is 32.2 Å². The van der Waals surface area contributed by atoms with Gasteiger partial charge in [-0.15, -0.1) is 0 Å². The van der Waals surface area contributed by atoms with Crippen molar-refractivity contribution in [3.63, 3.8) is 0 Å². The summed E-state index contributed by atoms with van der Waals surface area (Å²) in [5, 5.41) is 9.59. The number of carboxylic acid groups (broad SMARTS) is 1. The molecular formula is C15H26N2O4. The summed E-state index contributed by atoms with van der Waals surface area (Å²) >= 11 is 0. The minimum atomic E-state index is -1.03. The van der Waals surface area contributed by atoms with E-state index in [1.54, 1.807) is 4.90 Å². The summed E-state index contributed by atoms with van der Waals surface area (Å²) in [5.41, 5.74) is -1.03. The van der Waals surface area contributed by atoms with Crippen molar-refractivity contribution in [2.24, 2.45) is 0 Å². The number of ether oxygens (including phenoxy) is 1. The molecule has 2 saturated heterocycles. The SMILES string of the molecule is COCC1(C(=O)O)CCCN1CC(=O)N1CCCCCC1. The van der Waals surface area contributed by atoms with E-state index in [4.69, 9.17) is 4.74 Å². The molecule has 2 fully saturated rings. The molecule has 0 bridgehead atoms. The Morgan fingerprint density at radius 1 is 1.10 bits per heavy atom. The molecule has 1 unspecified atom stereocenters. The van der Waals surface area contributed by atoms with Crippen LogP contribution in [0.25, 0.3) is 0 Å². The van der Waals surface area contributed by atoms with Crippen LogP contribution in [0.3, 0.4) is 0 Å². The number of hydrogen-bond donors (Lipinski definition) is 1. The summed E-state index contributed by atoms with van der Waals surface area (Å²) in [5.74, 6) is -0.828. The van der Waals surface area contributed by atoms with Gasteiger partial charge in [0, 0.05) is 20.2 Å². The van der Waals surface area contributed by atoms with Gasteiger partial charge in [0.25, 0.3) is 0 Å². The predicted octanol–water partition coefficient (Wildman–Crippen LogP) is 0.955. The lowest BCUT2D eigenvalue weighted by Gasteiger charge is -2.34. The molecule has 0 aromatic heterocycles. The molecule has 0 spiro atoms. The van der Waals surface area contributed by atoms with Crippen molar-refractivity contribution in [2.75, 3.05) is 39.9 Å². The first-order valence-corrected chi connectivity index (χ1v) is 7.85. The number of methoxy groups -OCH3 is 1. The molecule has 2 heterocycles. The molecule has 120 valence electrons. The van der Waals surface area contributed by atoms with Gasteiger partial charge in [-0.25, -0.2) is 0 Å². The Balaban J connectivity index is 2.02. The van der Waals surface area contributed by atoms with Crippen molar-refractivity contribution in [3.8, 4) is 0 Å². The lowest BCUT2D eigenvalue weighted by Crippen LogP contribution is -2.56. The molecule has 0 aromatic rings. The number of aliphatic carboxylic acids is 1. The molecule has 2 aliphatic rings. The van der Waals surface area contributed by atoms with Crippen LogP contribution in [0.2, 0.25) is 0 Å². The number of rotatable bonds is 5. The fourth-order valence-electron chi connectivity index (χ4n) is 3.45. The van der Waals surface area contributed by atoms with E-state index in [0.29, 0.717) is 13.0 Å². The molecule has 6 heteroatoms. The maximum Gasteiger partial charge on any atom is 0.326 e. The van der Waals surface area contributed by atoms with Gasteiger partial charge in [0.2, 0.25) is 5.91 Å². The molecule has 1 amide bonds. The first-order valence-electron chi connectivity index (χ1n) is 7.85. The quantitative estimate of drug-likeness (QED) is 0.818. The molecule has 1 atom stereocenters. The van der Waals surface area contributed by atoms with Gasteiger partial charge in [0.1, 0.15) is 5.54 Å². The van der Waals surface area contributed by atoms with E-state index in [-0.39, 0.29) is 19.1 Å². The fraction of sp³-hybridized carbons (Fsp3) is 0.867. The van der Waals surface area contributed by atoms with Crippen LogP contribution in [0, 0.1) is 0 Å². The smallest absolute Gasteiger partial charge is 0.326 e. The third kappa shape index (κ3) is 3.55. The van der Waals surface area contributed by atoms with Gasteiger partial charge in [-0.2, -0.15) is 0 Å². The zero-order chi connectivity index (χ0) is 15.3. The molecule has 0 radical (unpaired) electrons. The van der Waals surface area contributed by atoms with E-state index >= 15 is 0 Å². The number of amides is 1. The standard InChI is InChI=1S/C15H26N2O4/c1-21-12-15(14(19)20)7-6-10-17(15)11-13(18)16-8-4-2-3-5-9-16/h2-12H2,1H3,(H,19,20). The molecule has 2 rings (SSSR count). The van der Waals surface area contributed by atoms with Gasteiger partial charge < -0.3 is 14.7 Å². The molecule has 2 aliphatic heterocycles. The molecule has 0 aliphatic carbocycles. The number of carboxylic acids is 1. The van der Waals surface area contributed by atoms with Crippen LogP contribution in [0.1, 0.15) is 38.5 Å². The summed E-state index contributed by atoms with van der Waals surface area (Å²) in [6, 6.07) is 0. The van der Waals surface area contributed by atoms with Gasteiger partial charge in [-0.3, -0.25) is 14.5 Å². The second-order valence-electron chi connectivity index (χ2n) is 6.09.